The van der Waals surface area contributed by atoms with Crippen molar-refractivity contribution in [2.45, 2.75) is 359 Å². The van der Waals surface area contributed by atoms with Crippen molar-refractivity contribution < 1.29 is 49.3 Å². The van der Waals surface area contributed by atoms with E-state index in [1.165, 1.54) is 180 Å². The number of rotatable bonds is 57. The van der Waals surface area contributed by atoms with Crippen molar-refractivity contribution in [1.82, 2.24) is 5.32 Å². The van der Waals surface area contributed by atoms with E-state index in [1.54, 1.807) is 6.08 Å². The number of hydrogen-bond donors (Lipinski definition) is 6. The van der Waals surface area contributed by atoms with Gasteiger partial charge in [0.1, 0.15) is 24.4 Å². The van der Waals surface area contributed by atoms with Gasteiger partial charge in [-0.3, -0.25) is 9.59 Å². The first kappa shape index (κ1) is 74.6. The first-order chi connectivity index (χ1) is 38.7. The van der Waals surface area contributed by atoms with Crippen molar-refractivity contribution in [2.24, 2.45) is 0 Å². The summed E-state index contributed by atoms with van der Waals surface area (Å²) in [5.74, 6) is -1.20. The third kappa shape index (κ3) is 43.9. The molecular formula is C68H125NO10. The Bertz CT molecular complexity index is 1470. The number of hydrogen-bond acceptors (Lipinski definition) is 10. The second kappa shape index (κ2) is 56.1. The Morgan fingerprint density at radius 2 is 0.911 bits per heavy atom. The van der Waals surface area contributed by atoms with Crippen LogP contribution in [-0.2, 0) is 23.8 Å². The molecule has 1 heterocycles. The molecule has 11 nitrogen and oxygen atoms in total. The van der Waals surface area contributed by atoms with Gasteiger partial charge in [-0.15, -0.1) is 0 Å². The summed E-state index contributed by atoms with van der Waals surface area (Å²) >= 11 is 0. The lowest BCUT2D eigenvalue weighted by Gasteiger charge is -2.41. The van der Waals surface area contributed by atoms with Crippen LogP contribution >= 0.6 is 0 Å². The zero-order valence-corrected chi connectivity index (χ0v) is 51.2. The third-order valence-electron chi connectivity index (χ3n) is 15.8. The monoisotopic (exact) mass is 1120 g/mol. The number of unbranched alkanes of at least 4 members (excludes halogenated alkanes) is 39. The van der Waals surface area contributed by atoms with Gasteiger partial charge in [-0.05, 0) is 44.9 Å². The van der Waals surface area contributed by atoms with Gasteiger partial charge in [0.15, 0.2) is 12.4 Å². The van der Waals surface area contributed by atoms with Crippen molar-refractivity contribution in [1.29, 1.82) is 0 Å². The van der Waals surface area contributed by atoms with Crippen molar-refractivity contribution in [3.05, 3.63) is 48.6 Å². The second-order valence-corrected chi connectivity index (χ2v) is 23.2. The lowest BCUT2D eigenvalue weighted by atomic mass is 9.99. The van der Waals surface area contributed by atoms with Crippen LogP contribution in [0.3, 0.4) is 0 Å². The molecule has 0 spiro atoms. The Balaban J connectivity index is 2.54. The number of esters is 1. The molecule has 0 aliphatic carbocycles. The zero-order chi connectivity index (χ0) is 57.5. The third-order valence-corrected chi connectivity index (χ3v) is 15.8. The number of amides is 1. The molecule has 0 saturated carbocycles. The summed E-state index contributed by atoms with van der Waals surface area (Å²) < 4.78 is 17.6. The molecule has 0 aromatic heterocycles. The average Bonchev–Trinajstić information content (AvgIpc) is 3.45. The minimum absolute atomic E-state index is 0.126. The SMILES string of the molecule is CC/C=C/C=C/C=C/CCCCCCCCC(O)C(=O)NC(COC1OC(CO)C(O)C(O)C1OC(=O)CCCCCCCCCCCCCCCCCCCCCCCCCCC)C(O)/C=C/CCCCCCCCCCC. The van der Waals surface area contributed by atoms with Crippen LogP contribution in [-0.4, -0.2) is 99.6 Å². The summed E-state index contributed by atoms with van der Waals surface area (Å²) in [6.45, 7) is 5.67. The number of allylic oxidation sites excluding steroid dienone is 7. The molecule has 1 fully saturated rings. The van der Waals surface area contributed by atoms with Crippen LogP contribution in [0.15, 0.2) is 48.6 Å². The molecule has 8 atom stereocenters. The van der Waals surface area contributed by atoms with Gasteiger partial charge in [-0.1, -0.05) is 307 Å². The summed E-state index contributed by atoms with van der Waals surface area (Å²) in [7, 11) is 0. The van der Waals surface area contributed by atoms with Crippen molar-refractivity contribution in [3.8, 4) is 0 Å². The Hall–Kier alpha value is -2.38. The van der Waals surface area contributed by atoms with E-state index in [0.29, 0.717) is 12.8 Å². The average molecular weight is 1120 g/mol. The van der Waals surface area contributed by atoms with Gasteiger partial charge < -0.3 is 45.1 Å². The summed E-state index contributed by atoms with van der Waals surface area (Å²) in [6.07, 6.45) is 58.8. The number of aliphatic hydroxyl groups is 5. The maximum absolute atomic E-state index is 13.4. The summed E-state index contributed by atoms with van der Waals surface area (Å²) in [4.78, 5) is 26.6. The van der Waals surface area contributed by atoms with Gasteiger partial charge >= 0.3 is 5.97 Å². The van der Waals surface area contributed by atoms with E-state index >= 15 is 0 Å². The first-order valence-electron chi connectivity index (χ1n) is 33.4. The Morgan fingerprint density at radius 1 is 0.506 bits per heavy atom. The van der Waals surface area contributed by atoms with Crippen LogP contribution in [0.5, 0.6) is 0 Å². The number of ether oxygens (including phenoxy) is 3. The van der Waals surface area contributed by atoms with Crippen LogP contribution < -0.4 is 5.32 Å². The number of nitrogens with one attached hydrogen (secondary N) is 1. The maximum atomic E-state index is 13.4. The molecule has 1 rings (SSSR count). The minimum Gasteiger partial charge on any atom is -0.454 e. The van der Waals surface area contributed by atoms with Crippen LogP contribution in [0.4, 0.5) is 0 Å². The molecule has 8 unspecified atom stereocenters. The molecule has 6 N–H and O–H groups in total. The van der Waals surface area contributed by atoms with Crippen LogP contribution in [0.1, 0.15) is 310 Å². The highest BCUT2D eigenvalue weighted by Gasteiger charge is 2.47. The molecule has 0 aromatic rings. The Labute approximate surface area is 485 Å². The van der Waals surface area contributed by atoms with Crippen molar-refractivity contribution in [3.63, 3.8) is 0 Å². The largest absolute Gasteiger partial charge is 0.454 e. The van der Waals surface area contributed by atoms with Gasteiger partial charge in [0.05, 0.1) is 25.4 Å². The topological polar surface area (TPSA) is 175 Å². The fourth-order valence-electron chi connectivity index (χ4n) is 10.5. The summed E-state index contributed by atoms with van der Waals surface area (Å²) in [6, 6.07) is -1.03. The molecule has 1 aliphatic heterocycles. The quantitative estimate of drug-likeness (QED) is 0.0149. The van der Waals surface area contributed by atoms with Gasteiger partial charge in [-0.25, -0.2) is 0 Å². The molecular weight excluding hydrogens is 991 g/mol. The van der Waals surface area contributed by atoms with E-state index in [-0.39, 0.29) is 19.4 Å². The predicted molar refractivity (Wildman–Crippen MR) is 329 cm³/mol. The lowest BCUT2D eigenvalue weighted by Crippen LogP contribution is -2.61. The molecule has 0 aromatic carbocycles. The molecule has 0 radical (unpaired) electrons. The van der Waals surface area contributed by atoms with E-state index in [0.717, 1.165) is 83.5 Å². The van der Waals surface area contributed by atoms with Gasteiger partial charge in [0.25, 0.3) is 0 Å². The van der Waals surface area contributed by atoms with E-state index in [9.17, 15) is 35.1 Å². The number of carbonyl (C=O) groups excluding carboxylic acids is 2. The van der Waals surface area contributed by atoms with Gasteiger partial charge in [-0.2, -0.15) is 0 Å². The van der Waals surface area contributed by atoms with E-state index in [1.807, 2.05) is 12.2 Å². The predicted octanol–water partition coefficient (Wildman–Crippen LogP) is 16.4. The molecule has 79 heavy (non-hydrogen) atoms. The highest BCUT2D eigenvalue weighted by molar-refractivity contribution is 5.80. The molecule has 462 valence electrons. The summed E-state index contributed by atoms with van der Waals surface area (Å²) in [5.41, 5.74) is 0. The van der Waals surface area contributed by atoms with E-state index in [2.05, 4.69) is 56.5 Å². The Morgan fingerprint density at radius 3 is 1.35 bits per heavy atom. The Kier molecular flexibility index (Phi) is 53.0. The number of aliphatic hydroxyl groups excluding tert-OH is 5. The van der Waals surface area contributed by atoms with Crippen molar-refractivity contribution in [2.75, 3.05) is 13.2 Å². The van der Waals surface area contributed by atoms with Crippen molar-refractivity contribution >= 4 is 11.9 Å². The molecule has 11 heteroatoms. The minimum atomic E-state index is -1.61. The molecule has 0 bridgehead atoms. The molecule has 1 saturated heterocycles. The fraction of sp³-hybridized carbons (Fsp3) is 0.853. The highest BCUT2D eigenvalue weighted by Crippen LogP contribution is 2.26. The van der Waals surface area contributed by atoms with Gasteiger partial charge in [0, 0.05) is 6.42 Å². The van der Waals surface area contributed by atoms with Crippen LogP contribution in [0.2, 0.25) is 0 Å². The molecule has 1 aliphatic rings. The normalized spacial score (nSPS) is 19.1. The van der Waals surface area contributed by atoms with E-state index in [4.69, 9.17) is 14.2 Å². The highest BCUT2D eigenvalue weighted by atomic mass is 16.7. The maximum Gasteiger partial charge on any atom is 0.306 e. The van der Waals surface area contributed by atoms with E-state index < -0.39 is 67.4 Å². The van der Waals surface area contributed by atoms with Gasteiger partial charge in [0.2, 0.25) is 5.91 Å². The zero-order valence-electron chi connectivity index (χ0n) is 51.2. The number of carbonyl (C=O) groups is 2. The first-order valence-corrected chi connectivity index (χ1v) is 33.4. The smallest absolute Gasteiger partial charge is 0.306 e. The second-order valence-electron chi connectivity index (χ2n) is 23.2. The van der Waals surface area contributed by atoms with Crippen LogP contribution in [0.25, 0.3) is 0 Å². The van der Waals surface area contributed by atoms with Crippen LogP contribution in [0, 0.1) is 0 Å². The standard InChI is InChI=1S/C68H125NO10/c1-4-7-10-13-16-19-22-24-26-27-28-29-30-31-32-33-34-35-36-38-41-44-47-50-53-56-63(73)79-66-65(75)64(74)62(57-70)78-68(66)77-58-59(60(71)54-51-48-45-42-39-21-18-15-12-9-6-3)69-67(76)61(72)55-52-49-46-43-40-37-25-23-20-17-14-11-8-5-2/h8,11,14,17,20,23,51,54,59-62,64-66,68,70-72,74-75H,4-7,9-10,12-13,15-16,18-19,21-22,24-50,52-53,55-58H2,1-3H3,(H,69,76)/b11-8+,17-14+,23-20+,54-51+. The lowest BCUT2D eigenvalue weighted by molar-refractivity contribution is -0.305. The fourth-order valence-corrected chi connectivity index (χ4v) is 10.5. The summed E-state index contributed by atoms with van der Waals surface area (Å²) in [5, 5.41) is 57.0. The molecule has 1 amide bonds.